The van der Waals surface area contributed by atoms with E-state index in [0.29, 0.717) is 30.1 Å². The molecule has 3 aromatic heterocycles. The van der Waals surface area contributed by atoms with E-state index in [1.165, 1.54) is 16.2 Å². The molecule has 5 heterocycles. The third-order valence-corrected chi connectivity index (χ3v) is 10.7. The summed E-state index contributed by atoms with van der Waals surface area (Å²) in [7, 11) is 1.69. The molecule has 0 bridgehead atoms. The van der Waals surface area contributed by atoms with Crippen LogP contribution in [0.15, 0.2) is 29.0 Å². The first-order chi connectivity index (χ1) is 22.3. The van der Waals surface area contributed by atoms with Crippen LogP contribution in [-0.2, 0) is 15.8 Å². The molecule has 47 heavy (non-hydrogen) atoms. The quantitative estimate of drug-likeness (QED) is 0.315. The van der Waals surface area contributed by atoms with Crippen LogP contribution in [0, 0.1) is 18.3 Å². The Morgan fingerprint density at radius 2 is 1.87 bits per heavy atom. The molecule has 3 aliphatic rings. The maximum Gasteiger partial charge on any atom is 0.434 e. The summed E-state index contributed by atoms with van der Waals surface area (Å²) in [5, 5.41) is 13.3. The number of aryl methyl sites for hydroxylation is 1. The lowest BCUT2D eigenvalue weighted by atomic mass is 9.88. The van der Waals surface area contributed by atoms with Crippen molar-refractivity contribution in [2.75, 3.05) is 20.1 Å². The monoisotopic (exact) mass is 690 g/mol. The van der Waals surface area contributed by atoms with Crippen LogP contribution in [0.3, 0.4) is 0 Å². The van der Waals surface area contributed by atoms with Crippen LogP contribution < -0.4 is 4.74 Å². The number of hydrogen-bond donors (Lipinski definition) is 1. The van der Waals surface area contributed by atoms with E-state index in [1.54, 1.807) is 24.9 Å². The molecule has 2 aliphatic heterocycles. The SMILES string of the molecule is Cc1csc(-c2cc(O[C@H]3CCN4C(=O)N(C)CCCC/C=C\[C@@H]5C[C@@]5(C(=O)O)CC(=O)[C@@H]4C3)nc(-c3nc(C(F)(F)F)cs3)n2)n1. The number of alkyl halides is 3. The second-order valence-corrected chi connectivity index (χ2v) is 14.0. The number of carboxylic acid groups (broad SMARTS) is 1. The molecule has 1 saturated carbocycles. The number of rotatable bonds is 5. The Morgan fingerprint density at radius 1 is 1.09 bits per heavy atom. The van der Waals surface area contributed by atoms with E-state index in [2.05, 4.69) is 19.9 Å². The van der Waals surface area contributed by atoms with E-state index < -0.39 is 35.4 Å². The summed E-state index contributed by atoms with van der Waals surface area (Å²) in [6, 6.07) is 0.311. The molecule has 3 aromatic rings. The number of thiazole rings is 2. The first kappa shape index (κ1) is 33.0. The van der Waals surface area contributed by atoms with Gasteiger partial charge in [-0.05, 0) is 38.5 Å². The predicted molar refractivity (Wildman–Crippen MR) is 167 cm³/mol. The van der Waals surface area contributed by atoms with E-state index in [-0.39, 0.29) is 53.8 Å². The summed E-state index contributed by atoms with van der Waals surface area (Å²) in [5.74, 6) is -1.62. The number of aliphatic carboxylic acids is 1. The van der Waals surface area contributed by atoms with Gasteiger partial charge in [-0.25, -0.2) is 19.7 Å². The highest BCUT2D eigenvalue weighted by Crippen LogP contribution is 2.57. The number of aromatic nitrogens is 4. The molecular weight excluding hydrogens is 658 g/mol. The summed E-state index contributed by atoms with van der Waals surface area (Å²) in [6.45, 7) is 2.51. The minimum Gasteiger partial charge on any atom is -0.481 e. The van der Waals surface area contributed by atoms with Crippen molar-refractivity contribution in [2.24, 2.45) is 11.3 Å². The highest BCUT2D eigenvalue weighted by atomic mass is 32.1. The first-order valence-corrected chi connectivity index (χ1v) is 17.1. The molecule has 2 amide bonds. The molecule has 1 saturated heterocycles. The van der Waals surface area contributed by atoms with E-state index >= 15 is 0 Å². The summed E-state index contributed by atoms with van der Waals surface area (Å²) in [6.07, 6.45) is 1.61. The highest BCUT2D eigenvalue weighted by molar-refractivity contribution is 7.13. The van der Waals surface area contributed by atoms with Gasteiger partial charge in [0.05, 0.1) is 11.5 Å². The van der Waals surface area contributed by atoms with E-state index in [4.69, 9.17) is 4.74 Å². The van der Waals surface area contributed by atoms with Crippen LogP contribution in [0.1, 0.15) is 56.3 Å². The first-order valence-electron chi connectivity index (χ1n) is 15.3. The van der Waals surface area contributed by atoms with Crippen LogP contribution in [0.5, 0.6) is 5.88 Å². The molecule has 1 N–H and O–H groups in total. The second-order valence-electron chi connectivity index (χ2n) is 12.3. The number of amides is 2. The molecule has 0 spiro atoms. The van der Waals surface area contributed by atoms with Gasteiger partial charge in [-0.15, -0.1) is 22.7 Å². The van der Waals surface area contributed by atoms with E-state index in [1.807, 2.05) is 17.5 Å². The molecular formula is C31H33F3N6O5S2. The Balaban J connectivity index is 1.29. The van der Waals surface area contributed by atoms with Gasteiger partial charge in [-0.2, -0.15) is 18.2 Å². The van der Waals surface area contributed by atoms with Crippen molar-refractivity contribution < 1.29 is 37.4 Å². The molecule has 16 heteroatoms. The Kier molecular flexibility index (Phi) is 9.09. The van der Waals surface area contributed by atoms with Crippen LogP contribution in [0.4, 0.5) is 18.0 Å². The molecule has 11 nitrogen and oxygen atoms in total. The van der Waals surface area contributed by atoms with Gasteiger partial charge in [0.2, 0.25) is 5.88 Å². The number of fused-ring (bicyclic) bond motifs is 2. The number of allylic oxidation sites excluding steroid dienone is 2. The van der Waals surface area contributed by atoms with Gasteiger partial charge in [0.1, 0.15) is 16.8 Å². The fraction of sp³-hybridized carbons (Fsp3) is 0.516. The molecule has 250 valence electrons. The number of halogens is 3. The van der Waals surface area contributed by atoms with Gasteiger partial charge >= 0.3 is 18.2 Å². The summed E-state index contributed by atoms with van der Waals surface area (Å²) in [5.41, 5.74) is -1.17. The molecule has 0 radical (unpaired) electrons. The Morgan fingerprint density at radius 3 is 2.57 bits per heavy atom. The third kappa shape index (κ3) is 7.03. The number of carboxylic acids is 1. The number of urea groups is 1. The standard InChI is InChI=1S/C31H33F3N6O5S2/c1-17-15-46-26(35-17)20-12-24(38-25(36-20)27-37-23(16-47-27)31(32,33)34)45-19-8-10-40-21(11-19)22(41)14-30(28(42)43)13-18(30)7-5-3-4-6-9-39(2)29(40)44/h5,7,12,15-16,18-19,21H,3-4,6,8-11,13-14H2,1-2H3,(H,42,43)/b7-5-/t18-,19+,21+,30-/m1/s1. The minimum absolute atomic E-state index is 0.0472. The second kappa shape index (κ2) is 12.9. The number of Topliss-reactive ketones (excluding diaryl/α,β-unsaturated/α-hetero) is 1. The van der Waals surface area contributed by atoms with Crippen molar-refractivity contribution in [3.63, 3.8) is 0 Å². The number of carbonyl (C=O) groups excluding carboxylic acids is 2. The van der Waals surface area contributed by atoms with Crippen LogP contribution in [0.25, 0.3) is 21.5 Å². The maximum absolute atomic E-state index is 13.9. The molecule has 6 rings (SSSR count). The molecule has 1 aliphatic carbocycles. The molecule has 0 aromatic carbocycles. The van der Waals surface area contributed by atoms with E-state index in [9.17, 15) is 32.7 Å². The van der Waals surface area contributed by atoms with Gasteiger partial charge in [0.25, 0.3) is 0 Å². The van der Waals surface area contributed by atoms with Gasteiger partial charge in [0.15, 0.2) is 22.3 Å². The van der Waals surface area contributed by atoms with Crippen molar-refractivity contribution in [3.8, 4) is 27.4 Å². The zero-order valence-electron chi connectivity index (χ0n) is 25.7. The molecule has 2 fully saturated rings. The number of piperidine rings is 1. The lowest BCUT2D eigenvalue weighted by Crippen LogP contribution is -2.56. The minimum atomic E-state index is -4.63. The maximum atomic E-state index is 13.9. The largest absolute Gasteiger partial charge is 0.481 e. The van der Waals surface area contributed by atoms with Crippen molar-refractivity contribution in [1.29, 1.82) is 0 Å². The summed E-state index contributed by atoms with van der Waals surface area (Å²) < 4.78 is 46.3. The highest BCUT2D eigenvalue weighted by Gasteiger charge is 2.60. The topological polar surface area (TPSA) is 139 Å². The Hall–Kier alpha value is -3.92. The Labute approximate surface area is 276 Å². The van der Waals surface area contributed by atoms with Crippen molar-refractivity contribution in [3.05, 3.63) is 40.4 Å². The van der Waals surface area contributed by atoms with Crippen LogP contribution in [0.2, 0.25) is 0 Å². The van der Waals surface area contributed by atoms with Crippen molar-refractivity contribution >= 4 is 40.5 Å². The number of nitrogens with zero attached hydrogens (tertiary/aromatic N) is 6. The van der Waals surface area contributed by atoms with Gasteiger partial charge in [-0.1, -0.05) is 12.2 Å². The van der Waals surface area contributed by atoms with Crippen molar-refractivity contribution in [2.45, 2.75) is 70.2 Å². The lowest BCUT2D eigenvalue weighted by molar-refractivity contribution is -0.146. The number of hydrogen-bond acceptors (Lipinski definition) is 10. The van der Waals surface area contributed by atoms with Gasteiger partial charge < -0.3 is 19.6 Å². The third-order valence-electron chi connectivity index (χ3n) is 8.84. The lowest BCUT2D eigenvalue weighted by Gasteiger charge is -2.40. The normalized spacial score (nSPS) is 26.3. The van der Waals surface area contributed by atoms with Gasteiger partial charge in [-0.3, -0.25) is 9.59 Å². The fourth-order valence-electron chi connectivity index (χ4n) is 6.14. The average molecular weight is 691 g/mol. The Bertz CT molecular complexity index is 1710. The fourth-order valence-corrected chi connectivity index (χ4v) is 7.65. The van der Waals surface area contributed by atoms with Crippen LogP contribution in [-0.4, -0.2) is 84.9 Å². The number of ketones is 1. The molecule has 4 atom stereocenters. The zero-order valence-corrected chi connectivity index (χ0v) is 27.3. The van der Waals surface area contributed by atoms with Crippen molar-refractivity contribution in [1.82, 2.24) is 29.7 Å². The smallest absolute Gasteiger partial charge is 0.434 e. The zero-order chi connectivity index (χ0) is 33.5. The summed E-state index contributed by atoms with van der Waals surface area (Å²) >= 11 is 2.06. The van der Waals surface area contributed by atoms with E-state index in [0.717, 1.165) is 41.7 Å². The van der Waals surface area contributed by atoms with Gasteiger partial charge in [0, 0.05) is 61.9 Å². The number of carbonyl (C=O) groups is 3. The summed E-state index contributed by atoms with van der Waals surface area (Å²) in [4.78, 5) is 59.9. The van der Waals surface area contributed by atoms with Crippen LogP contribution >= 0.6 is 22.7 Å². The average Bonchev–Trinajstić information content (AvgIpc) is 3.33. The number of ether oxygens (including phenoxy) is 1. The molecule has 0 unspecified atom stereocenters. The predicted octanol–water partition coefficient (Wildman–Crippen LogP) is 6.10.